The summed E-state index contributed by atoms with van der Waals surface area (Å²) in [6.45, 7) is 0. The summed E-state index contributed by atoms with van der Waals surface area (Å²) in [5, 5.41) is 14.9. The molecular weight excluding hydrogens is 397 g/mol. The molecule has 0 heterocycles. The van der Waals surface area contributed by atoms with Crippen LogP contribution in [0.1, 0.15) is 0 Å². The number of rotatable bonds is 2. The van der Waals surface area contributed by atoms with Gasteiger partial charge in [0.05, 0.1) is 0 Å². The zero-order valence-electron chi connectivity index (χ0n) is 6.14. The molecule has 12 nitrogen and oxygen atoms in total. The van der Waals surface area contributed by atoms with Crippen molar-refractivity contribution < 1.29 is 42.5 Å². The van der Waals surface area contributed by atoms with Gasteiger partial charge in [-0.3, -0.25) is 0 Å². The van der Waals surface area contributed by atoms with E-state index in [2.05, 4.69) is 4.94 Å². The molecule has 0 bridgehead atoms. The summed E-state index contributed by atoms with van der Waals surface area (Å²) in [4.78, 5) is 20.6. The van der Waals surface area contributed by atoms with E-state index in [0.29, 0.717) is 0 Å². The first-order valence-electron chi connectivity index (χ1n) is 1.10. The standard InChI is InChI=1S/Bi.N2O5.5H2O.3H/c;3-1(4)7-2(5)6;;;;;;;;/h;;5*1H2;;;. The molecular formula is H13BiN2O10. The number of hydrogen-bond donors (Lipinski definition) is 0. The molecule has 0 unspecified atom stereocenters. The van der Waals surface area contributed by atoms with Crippen LogP contribution in [-0.2, 0) is 4.94 Å². The van der Waals surface area contributed by atoms with E-state index in [1.165, 1.54) is 0 Å². The molecule has 88 valence electrons. The van der Waals surface area contributed by atoms with Gasteiger partial charge in [-0.15, -0.1) is 20.2 Å². The van der Waals surface area contributed by atoms with Crippen LogP contribution in [0, 0.1) is 20.2 Å². The zero-order valence-corrected chi connectivity index (χ0v) is 11.6. The Balaban J connectivity index is -0.0000000120. The Morgan fingerprint density at radius 3 is 0.923 bits per heavy atom. The summed E-state index contributed by atoms with van der Waals surface area (Å²) in [6, 6.07) is 0. The van der Waals surface area contributed by atoms with E-state index >= 15 is 0 Å². The van der Waals surface area contributed by atoms with Crippen molar-refractivity contribution in [2.24, 2.45) is 0 Å². The molecule has 13 heavy (non-hydrogen) atoms. The maximum absolute atomic E-state index is 8.95. The van der Waals surface area contributed by atoms with Gasteiger partial charge in [-0.05, 0) is 0 Å². The summed E-state index contributed by atoms with van der Waals surface area (Å²) in [5.74, 6) is 0. The van der Waals surface area contributed by atoms with Crippen LogP contribution in [-0.4, -0.2) is 63.8 Å². The van der Waals surface area contributed by atoms with E-state index in [-0.39, 0.29) is 53.6 Å². The predicted molar refractivity (Wildman–Crippen MR) is 43.1 cm³/mol. The summed E-state index contributed by atoms with van der Waals surface area (Å²) >= 11 is 0. The van der Waals surface area contributed by atoms with Crippen LogP contribution in [0.2, 0.25) is 0 Å². The zero-order chi connectivity index (χ0) is 5.86. The van der Waals surface area contributed by atoms with Gasteiger partial charge in [-0.25, -0.2) is 0 Å². The molecule has 0 spiro atoms. The molecule has 0 fully saturated rings. The third kappa shape index (κ3) is 90.2. The molecule has 0 atom stereocenters. The first-order chi connectivity index (χ1) is 3.13. The topological polar surface area (TPSA) is 253 Å². The van der Waals surface area contributed by atoms with Crippen LogP contribution >= 0.6 is 0 Å². The Morgan fingerprint density at radius 1 is 0.769 bits per heavy atom. The van der Waals surface area contributed by atoms with Gasteiger partial charge in [0.25, 0.3) is 0 Å². The van der Waals surface area contributed by atoms with Crippen LogP contribution in [0.3, 0.4) is 0 Å². The van der Waals surface area contributed by atoms with Crippen LogP contribution in [0.4, 0.5) is 0 Å². The number of hydrogen-bond acceptors (Lipinski definition) is 5. The van der Waals surface area contributed by atoms with Gasteiger partial charge < -0.3 is 27.4 Å². The van der Waals surface area contributed by atoms with Crippen molar-refractivity contribution in [1.29, 1.82) is 0 Å². The first-order valence-corrected chi connectivity index (χ1v) is 1.10. The molecule has 0 amide bonds. The quantitative estimate of drug-likeness (QED) is 0.244. The summed E-state index contributed by atoms with van der Waals surface area (Å²) < 4.78 is 0. The van der Waals surface area contributed by atoms with Crippen molar-refractivity contribution >= 4 is 26.2 Å². The summed E-state index contributed by atoms with van der Waals surface area (Å²) in [5.41, 5.74) is 0. The Kier molecular flexibility index (Phi) is 130. The molecule has 0 aromatic carbocycles. The fourth-order valence-corrected chi connectivity index (χ4v) is 0.0544. The van der Waals surface area contributed by atoms with Crippen LogP contribution < -0.4 is 0 Å². The molecule has 0 saturated heterocycles. The molecule has 0 aliphatic rings. The van der Waals surface area contributed by atoms with Gasteiger partial charge in [0.1, 0.15) is 0 Å². The predicted octanol–water partition coefficient (Wildman–Crippen LogP) is -5.92. The Bertz CT molecular complexity index is 89.1. The van der Waals surface area contributed by atoms with Gasteiger partial charge in [-0.1, -0.05) is 0 Å². The SMILES string of the molecule is O.O.O.O.O.O=[N+]([O-])O[N+](=O)[O-].[BiH3]. The molecule has 0 aliphatic heterocycles. The second kappa shape index (κ2) is 30.2. The van der Waals surface area contributed by atoms with Crippen molar-refractivity contribution in [1.82, 2.24) is 0 Å². The van der Waals surface area contributed by atoms with Crippen molar-refractivity contribution in [3.8, 4) is 0 Å². The van der Waals surface area contributed by atoms with Crippen molar-refractivity contribution in [3.63, 3.8) is 0 Å². The average Bonchev–Trinajstić information content (AvgIpc) is 1.27. The van der Waals surface area contributed by atoms with Gasteiger partial charge >= 0.3 is 36.4 Å². The number of nitrogens with zero attached hydrogens (tertiary/aromatic N) is 2. The Morgan fingerprint density at radius 2 is 0.923 bits per heavy atom. The van der Waals surface area contributed by atoms with E-state index in [1.54, 1.807) is 0 Å². The minimum absolute atomic E-state index is 0. The molecule has 0 aromatic heterocycles. The van der Waals surface area contributed by atoms with E-state index < -0.39 is 10.2 Å². The molecule has 0 aliphatic carbocycles. The fourth-order valence-electron chi connectivity index (χ4n) is 0.0544. The summed E-state index contributed by atoms with van der Waals surface area (Å²) in [6.07, 6.45) is 0. The van der Waals surface area contributed by atoms with Crippen molar-refractivity contribution in [2.45, 2.75) is 0 Å². The Labute approximate surface area is 89.4 Å². The minimum atomic E-state index is -1.50. The fraction of sp³-hybridized carbons (Fsp3) is 0. The van der Waals surface area contributed by atoms with Gasteiger partial charge in [0.2, 0.25) is 0 Å². The van der Waals surface area contributed by atoms with Gasteiger partial charge in [0.15, 0.2) is 0 Å². The maximum atomic E-state index is 8.95. The molecule has 13 heteroatoms. The van der Waals surface area contributed by atoms with Crippen LogP contribution in [0.25, 0.3) is 0 Å². The third-order valence-electron chi connectivity index (χ3n) is 0.133. The van der Waals surface area contributed by atoms with E-state index in [4.69, 9.17) is 20.2 Å². The van der Waals surface area contributed by atoms with Gasteiger partial charge in [0, 0.05) is 4.94 Å². The molecule has 0 rings (SSSR count). The van der Waals surface area contributed by atoms with E-state index in [0.717, 1.165) is 0 Å². The van der Waals surface area contributed by atoms with E-state index in [1.807, 2.05) is 0 Å². The van der Waals surface area contributed by atoms with E-state index in [9.17, 15) is 0 Å². The van der Waals surface area contributed by atoms with Crippen molar-refractivity contribution in [3.05, 3.63) is 20.2 Å². The van der Waals surface area contributed by atoms with Crippen molar-refractivity contribution in [2.75, 3.05) is 0 Å². The first kappa shape index (κ1) is 56.0. The third-order valence-corrected chi connectivity index (χ3v) is 0.133. The molecule has 0 radical (unpaired) electrons. The van der Waals surface area contributed by atoms with Crippen LogP contribution in [0.15, 0.2) is 0 Å². The molecule has 0 aromatic rings. The summed E-state index contributed by atoms with van der Waals surface area (Å²) in [7, 11) is 0. The average molecular weight is 410 g/mol. The molecule has 0 saturated carbocycles. The monoisotopic (exact) mass is 410 g/mol. The normalized spacial score (nSPS) is 4.00. The molecule has 10 N–H and O–H groups in total. The second-order valence-electron chi connectivity index (χ2n) is 0.529. The van der Waals surface area contributed by atoms with Crippen LogP contribution in [0.5, 0.6) is 0 Å². The second-order valence-corrected chi connectivity index (χ2v) is 0.529. The van der Waals surface area contributed by atoms with Gasteiger partial charge in [-0.2, -0.15) is 0 Å². The Hall–Kier alpha value is -0.717.